The molecule has 1 N–H and O–H groups in total. The number of aryl methyl sites for hydroxylation is 1. The minimum absolute atomic E-state index is 0.0729. The molecule has 0 saturated carbocycles. The normalized spacial score (nSPS) is 10.7. The minimum Gasteiger partial charge on any atom is -0.493 e. The molecule has 0 aliphatic heterocycles. The third-order valence-corrected chi connectivity index (χ3v) is 5.11. The molecule has 0 fully saturated rings. The summed E-state index contributed by atoms with van der Waals surface area (Å²) in [5.41, 5.74) is 1.28. The van der Waals surface area contributed by atoms with Crippen LogP contribution in [0, 0.1) is 22.9 Å². The molecule has 0 unspecified atom stereocenters. The number of rotatable bonds is 8. The quantitative estimate of drug-likeness (QED) is 0.402. The molecule has 0 saturated heterocycles. The smallest absolute Gasteiger partial charge is 0.276 e. The lowest BCUT2D eigenvalue weighted by Gasteiger charge is -2.11. The molecule has 32 heavy (non-hydrogen) atoms. The van der Waals surface area contributed by atoms with Gasteiger partial charge in [0.25, 0.3) is 11.6 Å². The van der Waals surface area contributed by atoms with E-state index in [-0.39, 0.29) is 35.1 Å². The van der Waals surface area contributed by atoms with Crippen LogP contribution in [0.4, 0.5) is 10.1 Å². The van der Waals surface area contributed by atoms with Gasteiger partial charge in [-0.25, -0.2) is 9.07 Å². The second-order valence-electron chi connectivity index (χ2n) is 6.74. The number of carbonyl (C=O) groups excluding carboxylic acids is 1. The highest BCUT2D eigenvalue weighted by Gasteiger charge is 2.22. The van der Waals surface area contributed by atoms with Crippen molar-refractivity contribution in [3.63, 3.8) is 0 Å². The maximum absolute atomic E-state index is 13.2. The van der Waals surface area contributed by atoms with Crippen LogP contribution >= 0.6 is 11.6 Å². The Balaban J connectivity index is 1.77. The number of nitro benzene ring substituents is 1. The number of nitrogens with zero attached hydrogens (tertiary/aromatic N) is 3. The molecule has 9 nitrogen and oxygen atoms in total. The Morgan fingerprint density at radius 2 is 1.84 bits per heavy atom. The Labute approximate surface area is 187 Å². The van der Waals surface area contributed by atoms with Gasteiger partial charge in [0.2, 0.25) is 0 Å². The third-order valence-electron chi connectivity index (χ3n) is 4.76. The van der Waals surface area contributed by atoms with E-state index >= 15 is 0 Å². The predicted octanol–water partition coefficient (Wildman–Crippen LogP) is 3.87. The first-order valence-electron chi connectivity index (χ1n) is 9.45. The number of hydrogen-bond donors (Lipinski definition) is 1. The molecule has 3 aromatic rings. The van der Waals surface area contributed by atoms with Crippen LogP contribution in [0.2, 0.25) is 5.15 Å². The van der Waals surface area contributed by atoms with Gasteiger partial charge in [0.1, 0.15) is 11.0 Å². The first-order valence-corrected chi connectivity index (χ1v) is 9.83. The summed E-state index contributed by atoms with van der Waals surface area (Å²) in [7, 11) is 2.82. The standard InChI is InChI=1S/C21H20ClFN4O5/c1-12-19(20(22)26(25-12)15-6-4-14(23)5-7-15)21(28)24-9-8-13-10-17(31-2)18(32-3)11-16(13)27(29)30/h4-7,10-11H,8-9H2,1-3H3,(H,24,28). The predicted molar refractivity (Wildman–Crippen MR) is 116 cm³/mol. The lowest BCUT2D eigenvalue weighted by atomic mass is 10.1. The molecular formula is C21H20ClFN4O5. The van der Waals surface area contributed by atoms with E-state index in [0.29, 0.717) is 22.7 Å². The molecule has 168 valence electrons. The fraction of sp³-hybridized carbons (Fsp3) is 0.238. The summed E-state index contributed by atoms with van der Waals surface area (Å²) >= 11 is 6.36. The molecule has 0 aliphatic rings. The SMILES string of the molecule is COc1cc(CCNC(=O)c2c(C)nn(-c3ccc(F)cc3)c2Cl)c([N+](=O)[O-])cc1OC. The average molecular weight is 463 g/mol. The van der Waals surface area contributed by atoms with Gasteiger partial charge in [0.05, 0.1) is 42.2 Å². The monoisotopic (exact) mass is 462 g/mol. The van der Waals surface area contributed by atoms with Gasteiger partial charge in [0, 0.05) is 12.1 Å². The van der Waals surface area contributed by atoms with Crippen molar-refractivity contribution < 1.29 is 23.6 Å². The molecule has 11 heteroatoms. The van der Waals surface area contributed by atoms with Crippen molar-refractivity contribution in [2.45, 2.75) is 13.3 Å². The van der Waals surface area contributed by atoms with Crippen molar-refractivity contribution in [3.8, 4) is 17.2 Å². The number of amides is 1. The van der Waals surface area contributed by atoms with Crippen molar-refractivity contribution >= 4 is 23.2 Å². The summed E-state index contributed by atoms with van der Waals surface area (Å²) in [5, 5.41) is 18.5. The Morgan fingerprint density at radius 3 is 2.44 bits per heavy atom. The molecule has 3 rings (SSSR count). The van der Waals surface area contributed by atoms with Crippen molar-refractivity contribution in [3.05, 3.63) is 74.3 Å². The van der Waals surface area contributed by atoms with Crippen molar-refractivity contribution in [1.29, 1.82) is 0 Å². The van der Waals surface area contributed by atoms with Gasteiger partial charge in [-0.3, -0.25) is 14.9 Å². The number of halogens is 2. The van der Waals surface area contributed by atoms with Crippen LogP contribution in [0.25, 0.3) is 5.69 Å². The summed E-state index contributed by atoms with van der Waals surface area (Å²) in [6, 6.07) is 8.30. The highest BCUT2D eigenvalue weighted by Crippen LogP contribution is 2.34. The van der Waals surface area contributed by atoms with E-state index in [1.54, 1.807) is 6.92 Å². The van der Waals surface area contributed by atoms with E-state index in [4.69, 9.17) is 21.1 Å². The zero-order valence-corrected chi connectivity index (χ0v) is 18.3. The Morgan fingerprint density at radius 1 is 1.22 bits per heavy atom. The van der Waals surface area contributed by atoms with Gasteiger partial charge in [0.15, 0.2) is 11.5 Å². The lowest BCUT2D eigenvalue weighted by molar-refractivity contribution is -0.385. The Hall–Kier alpha value is -3.66. The maximum Gasteiger partial charge on any atom is 0.276 e. The molecule has 0 aliphatic carbocycles. The van der Waals surface area contributed by atoms with Gasteiger partial charge < -0.3 is 14.8 Å². The number of ether oxygens (including phenoxy) is 2. The number of aromatic nitrogens is 2. The highest BCUT2D eigenvalue weighted by atomic mass is 35.5. The molecular weight excluding hydrogens is 443 g/mol. The van der Waals surface area contributed by atoms with Crippen LogP contribution in [0.15, 0.2) is 36.4 Å². The van der Waals surface area contributed by atoms with Gasteiger partial charge in [-0.1, -0.05) is 11.6 Å². The Kier molecular flexibility index (Phi) is 6.94. The van der Waals surface area contributed by atoms with Gasteiger partial charge in [-0.2, -0.15) is 5.10 Å². The van der Waals surface area contributed by atoms with Crippen LogP contribution in [-0.2, 0) is 6.42 Å². The summed E-state index contributed by atoms with van der Waals surface area (Å²) in [6.07, 6.45) is 0.172. The number of nitro groups is 1. The largest absolute Gasteiger partial charge is 0.493 e. The molecule has 0 atom stereocenters. The summed E-state index contributed by atoms with van der Waals surface area (Å²) in [6.45, 7) is 1.73. The van der Waals surface area contributed by atoms with Crippen LogP contribution in [0.5, 0.6) is 11.5 Å². The number of benzene rings is 2. The van der Waals surface area contributed by atoms with E-state index in [1.807, 2.05) is 0 Å². The van der Waals surface area contributed by atoms with E-state index in [9.17, 15) is 19.3 Å². The highest BCUT2D eigenvalue weighted by molar-refractivity contribution is 6.33. The molecule has 1 heterocycles. The summed E-state index contributed by atoms with van der Waals surface area (Å²) in [4.78, 5) is 23.6. The van der Waals surface area contributed by atoms with E-state index < -0.39 is 16.6 Å². The number of nitrogens with one attached hydrogen (secondary N) is 1. The average Bonchev–Trinajstić information content (AvgIpc) is 3.07. The molecule has 0 radical (unpaired) electrons. The molecule has 0 bridgehead atoms. The molecule has 1 aromatic heterocycles. The number of carbonyl (C=O) groups is 1. The van der Waals surface area contributed by atoms with Crippen LogP contribution in [-0.4, -0.2) is 41.4 Å². The van der Waals surface area contributed by atoms with Crippen LogP contribution in [0.1, 0.15) is 21.6 Å². The van der Waals surface area contributed by atoms with Crippen LogP contribution in [0.3, 0.4) is 0 Å². The number of hydrogen-bond acceptors (Lipinski definition) is 6. The fourth-order valence-corrected chi connectivity index (χ4v) is 3.55. The van der Waals surface area contributed by atoms with Crippen molar-refractivity contribution in [1.82, 2.24) is 15.1 Å². The first-order chi connectivity index (χ1) is 15.3. The van der Waals surface area contributed by atoms with E-state index in [1.165, 1.54) is 55.3 Å². The van der Waals surface area contributed by atoms with Gasteiger partial charge in [-0.15, -0.1) is 0 Å². The first kappa shape index (κ1) is 23.0. The van der Waals surface area contributed by atoms with Gasteiger partial charge in [-0.05, 0) is 43.7 Å². The van der Waals surface area contributed by atoms with Crippen LogP contribution < -0.4 is 14.8 Å². The van der Waals surface area contributed by atoms with Crippen molar-refractivity contribution in [2.75, 3.05) is 20.8 Å². The topological polar surface area (TPSA) is 109 Å². The zero-order chi connectivity index (χ0) is 23.4. The van der Waals surface area contributed by atoms with E-state index in [0.717, 1.165) is 0 Å². The summed E-state index contributed by atoms with van der Waals surface area (Å²) < 4.78 is 24.8. The minimum atomic E-state index is -0.521. The third kappa shape index (κ3) is 4.65. The fourth-order valence-electron chi connectivity index (χ4n) is 3.19. The zero-order valence-electron chi connectivity index (χ0n) is 17.5. The molecule has 2 aromatic carbocycles. The second kappa shape index (κ2) is 9.65. The number of methoxy groups -OCH3 is 2. The summed E-state index contributed by atoms with van der Waals surface area (Å²) in [5.74, 6) is -0.304. The van der Waals surface area contributed by atoms with Gasteiger partial charge >= 0.3 is 0 Å². The maximum atomic E-state index is 13.2. The second-order valence-corrected chi connectivity index (χ2v) is 7.10. The lowest BCUT2D eigenvalue weighted by Crippen LogP contribution is -2.26. The Bertz CT molecular complexity index is 1160. The molecule has 1 amide bonds. The van der Waals surface area contributed by atoms with Crippen molar-refractivity contribution in [2.24, 2.45) is 0 Å². The molecule has 0 spiro atoms. The van der Waals surface area contributed by atoms with E-state index in [2.05, 4.69) is 10.4 Å².